The third kappa shape index (κ3) is 2.61. The number of nitrogens with zero attached hydrogens (tertiary/aromatic N) is 3. The second kappa shape index (κ2) is 5.77. The number of carbonyl (C=O) groups excluding carboxylic acids is 2. The molecule has 110 valence electrons. The first-order valence-corrected chi connectivity index (χ1v) is 7.75. The molecular weight excluding hydrogens is 290 g/mol. The number of fused-ring (bicyclic) bond motifs is 1. The quantitative estimate of drug-likeness (QED) is 0.639. The largest absolute Gasteiger partial charge is 0.461 e. The molecule has 21 heavy (non-hydrogen) atoms. The van der Waals surface area contributed by atoms with Gasteiger partial charge in [0, 0.05) is 11.1 Å². The molecule has 0 aliphatic heterocycles. The van der Waals surface area contributed by atoms with Gasteiger partial charge in [-0.05, 0) is 32.6 Å². The molecule has 2 aromatic rings. The fraction of sp³-hybridized carbons (Fsp3) is 0.429. The summed E-state index contributed by atoms with van der Waals surface area (Å²) < 4.78 is 6.41. The molecule has 0 fully saturated rings. The topological polar surface area (TPSA) is 74.1 Å². The zero-order valence-electron chi connectivity index (χ0n) is 11.7. The fourth-order valence-electron chi connectivity index (χ4n) is 2.37. The molecule has 0 saturated carbocycles. The molecule has 0 spiro atoms. The molecule has 0 saturated heterocycles. The second-order valence-corrected chi connectivity index (χ2v) is 5.85. The van der Waals surface area contributed by atoms with Crippen LogP contribution < -0.4 is 0 Å². The molecular formula is C14H15N3O3S. The lowest BCUT2D eigenvalue weighted by Crippen LogP contribution is -2.08. The second-order valence-electron chi connectivity index (χ2n) is 4.79. The van der Waals surface area contributed by atoms with Gasteiger partial charge in [0.15, 0.2) is 12.0 Å². The summed E-state index contributed by atoms with van der Waals surface area (Å²) in [7, 11) is 0. The van der Waals surface area contributed by atoms with Crippen molar-refractivity contribution in [3.05, 3.63) is 28.0 Å². The minimum absolute atomic E-state index is 0.0417. The molecule has 0 N–H and O–H groups in total. The highest BCUT2D eigenvalue weighted by molar-refractivity contribution is 7.14. The molecule has 0 aromatic carbocycles. The molecule has 7 heteroatoms. The van der Waals surface area contributed by atoms with Crippen molar-refractivity contribution in [1.82, 2.24) is 14.8 Å². The first kappa shape index (κ1) is 13.9. The number of ether oxygens (including phenoxy) is 1. The number of rotatable bonds is 4. The van der Waals surface area contributed by atoms with E-state index in [1.807, 2.05) is 0 Å². The van der Waals surface area contributed by atoms with E-state index in [2.05, 4.69) is 10.1 Å². The van der Waals surface area contributed by atoms with Gasteiger partial charge in [-0.2, -0.15) is 5.10 Å². The average Bonchev–Trinajstić information content (AvgIpc) is 3.11. The molecule has 1 aliphatic carbocycles. The molecule has 0 bridgehead atoms. The summed E-state index contributed by atoms with van der Waals surface area (Å²) in [5.41, 5.74) is 1.38. The molecule has 0 atom stereocenters. The first-order valence-electron chi connectivity index (χ1n) is 6.94. The van der Waals surface area contributed by atoms with Crippen LogP contribution in [0.1, 0.15) is 51.2 Å². The third-order valence-corrected chi connectivity index (χ3v) is 4.52. The smallest absolute Gasteiger partial charge is 0.359 e. The summed E-state index contributed by atoms with van der Waals surface area (Å²) in [5.74, 6) is -0.584. The van der Waals surface area contributed by atoms with Gasteiger partial charge in [0.2, 0.25) is 5.13 Å². The molecule has 1 aliphatic rings. The highest BCUT2D eigenvalue weighted by Gasteiger charge is 2.21. The molecule has 0 amide bonds. The van der Waals surface area contributed by atoms with Gasteiger partial charge in [-0.1, -0.05) is 11.3 Å². The minimum atomic E-state index is -0.584. The van der Waals surface area contributed by atoms with Crippen LogP contribution in [0.3, 0.4) is 0 Å². The van der Waals surface area contributed by atoms with Crippen molar-refractivity contribution in [2.24, 2.45) is 0 Å². The number of aromatic nitrogens is 3. The lowest BCUT2D eigenvalue weighted by molar-refractivity contribution is 0.0517. The van der Waals surface area contributed by atoms with Crippen LogP contribution in [-0.4, -0.2) is 33.6 Å². The number of thiazole rings is 1. The lowest BCUT2D eigenvalue weighted by Gasteiger charge is -2.06. The van der Waals surface area contributed by atoms with Gasteiger partial charge in [0.05, 0.1) is 17.9 Å². The Kier molecular flexibility index (Phi) is 3.83. The van der Waals surface area contributed by atoms with Gasteiger partial charge in [-0.15, -0.1) is 0 Å². The number of esters is 1. The number of carbonyl (C=O) groups is 2. The van der Waals surface area contributed by atoms with Crippen LogP contribution in [0.2, 0.25) is 0 Å². The summed E-state index contributed by atoms with van der Waals surface area (Å²) in [4.78, 5) is 28.7. The van der Waals surface area contributed by atoms with Crippen LogP contribution >= 0.6 is 11.3 Å². The molecule has 2 heterocycles. The summed E-state index contributed by atoms with van der Waals surface area (Å²) >= 11 is 1.57. The van der Waals surface area contributed by atoms with Crippen LogP contribution in [0, 0.1) is 0 Å². The molecule has 0 unspecified atom stereocenters. The molecule has 3 rings (SSSR count). The van der Waals surface area contributed by atoms with Gasteiger partial charge in [0.25, 0.3) is 0 Å². The zero-order chi connectivity index (χ0) is 14.8. The maximum atomic E-state index is 11.8. The van der Waals surface area contributed by atoms with Gasteiger partial charge < -0.3 is 4.74 Å². The summed E-state index contributed by atoms with van der Waals surface area (Å²) in [6.45, 7) is 1.96. The zero-order valence-corrected chi connectivity index (χ0v) is 12.5. The van der Waals surface area contributed by atoms with Gasteiger partial charge in [0.1, 0.15) is 0 Å². The average molecular weight is 305 g/mol. The van der Waals surface area contributed by atoms with Crippen molar-refractivity contribution in [2.75, 3.05) is 6.61 Å². The van der Waals surface area contributed by atoms with Gasteiger partial charge in [-0.25, -0.2) is 14.5 Å². The molecule has 6 nitrogen and oxygen atoms in total. The SMILES string of the molecule is CCOC(=O)c1nn(-c2nc3c(s2)CCCC3)cc1C=O. The molecule has 2 aromatic heterocycles. The molecule has 0 radical (unpaired) electrons. The van der Waals surface area contributed by atoms with Crippen LogP contribution in [0.15, 0.2) is 6.20 Å². The maximum Gasteiger partial charge on any atom is 0.359 e. The van der Waals surface area contributed by atoms with Crippen molar-refractivity contribution in [2.45, 2.75) is 32.6 Å². The van der Waals surface area contributed by atoms with E-state index in [4.69, 9.17) is 4.74 Å². The van der Waals surface area contributed by atoms with Crippen LogP contribution in [0.4, 0.5) is 0 Å². The van der Waals surface area contributed by atoms with Gasteiger partial charge in [-0.3, -0.25) is 4.79 Å². The van der Waals surface area contributed by atoms with E-state index in [1.54, 1.807) is 18.3 Å². The Hall–Kier alpha value is -2.02. The Morgan fingerprint density at radius 3 is 3.00 bits per heavy atom. The minimum Gasteiger partial charge on any atom is -0.461 e. The summed E-state index contributed by atoms with van der Waals surface area (Å²) in [6, 6.07) is 0. The monoisotopic (exact) mass is 305 g/mol. The van der Waals surface area contributed by atoms with E-state index in [0.717, 1.165) is 25.0 Å². The Morgan fingerprint density at radius 1 is 1.48 bits per heavy atom. The standard InChI is InChI=1S/C14H15N3O3S/c1-2-20-13(19)12-9(8-18)7-17(16-12)14-15-10-5-3-4-6-11(10)21-14/h7-8H,2-6H2,1H3. The van der Waals surface area contributed by atoms with E-state index >= 15 is 0 Å². The van der Waals surface area contributed by atoms with Crippen molar-refractivity contribution in [3.63, 3.8) is 0 Å². The predicted octanol–water partition coefficient (Wildman–Crippen LogP) is 2.20. The Labute approximate surface area is 125 Å². The Balaban J connectivity index is 1.97. The van der Waals surface area contributed by atoms with Crippen molar-refractivity contribution in [1.29, 1.82) is 0 Å². The van der Waals surface area contributed by atoms with E-state index in [1.165, 1.54) is 22.2 Å². The summed E-state index contributed by atoms with van der Waals surface area (Å²) in [5, 5.41) is 4.87. The normalized spacial score (nSPS) is 13.8. The van der Waals surface area contributed by atoms with E-state index in [-0.39, 0.29) is 17.9 Å². The van der Waals surface area contributed by atoms with Gasteiger partial charge >= 0.3 is 5.97 Å². The maximum absolute atomic E-state index is 11.8. The van der Waals surface area contributed by atoms with Crippen molar-refractivity contribution >= 4 is 23.6 Å². The third-order valence-electron chi connectivity index (χ3n) is 3.37. The van der Waals surface area contributed by atoms with Crippen LogP contribution in [0.5, 0.6) is 0 Å². The van der Waals surface area contributed by atoms with E-state index in [9.17, 15) is 9.59 Å². The number of hydrogen-bond acceptors (Lipinski definition) is 6. The van der Waals surface area contributed by atoms with Crippen LogP contribution in [0.25, 0.3) is 5.13 Å². The lowest BCUT2D eigenvalue weighted by atomic mass is 10.0. The highest BCUT2D eigenvalue weighted by Crippen LogP contribution is 2.28. The fourth-order valence-corrected chi connectivity index (χ4v) is 3.44. The van der Waals surface area contributed by atoms with E-state index < -0.39 is 5.97 Å². The number of aldehydes is 1. The Bertz CT molecular complexity index is 666. The summed E-state index contributed by atoms with van der Waals surface area (Å²) in [6.07, 6.45) is 6.51. The highest BCUT2D eigenvalue weighted by atomic mass is 32.1. The van der Waals surface area contributed by atoms with E-state index in [0.29, 0.717) is 11.4 Å². The number of hydrogen-bond donors (Lipinski definition) is 0. The van der Waals surface area contributed by atoms with Crippen LogP contribution in [-0.2, 0) is 17.6 Å². The van der Waals surface area contributed by atoms with Crippen molar-refractivity contribution < 1.29 is 14.3 Å². The first-order chi connectivity index (χ1) is 10.2. The predicted molar refractivity (Wildman–Crippen MR) is 77.2 cm³/mol. The van der Waals surface area contributed by atoms with Crippen molar-refractivity contribution in [3.8, 4) is 5.13 Å². The Morgan fingerprint density at radius 2 is 2.29 bits per heavy atom. The number of aryl methyl sites for hydroxylation is 2.